The molecule has 154 valence electrons. The van der Waals surface area contributed by atoms with Crippen molar-refractivity contribution in [2.75, 3.05) is 20.6 Å². The van der Waals surface area contributed by atoms with Gasteiger partial charge >= 0.3 is 0 Å². The van der Waals surface area contributed by atoms with E-state index in [1.807, 2.05) is 19.1 Å². The predicted octanol–water partition coefficient (Wildman–Crippen LogP) is 3.21. The van der Waals surface area contributed by atoms with Crippen molar-refractivity contribution >= 4 is 16.0 Å². The van der Waals surface area contributed by atoms with E-state index in [2.05, 4.69) is 43.3 Å². The number of nitrogens with zero attached hydrogens (tertiary/aromatic N) is 2. The first kappa shape index (κ1) is 23.4. The van der Waals surface area contributed by atoms with Gasteiger partial charge in [0.25, 0.3) is 0 Å². The molecule has 0 amide bonds. The smallest absolute Gasteiger partial charge is 0.242 e. The largest absolute Gasteiger partial charge is 0.357 e. The summed E-state index contributed by atoms with van der Waals surface area (Å²) in [6, 6.07) is 7.30. The number of benzene rings is 1. The molecular weight excluding hydrogens is 360 g/mol. The van der Waals surface area contributed by atoms with Gasteiger partial charge in [-0.25, -0.2) is 17.7 Å². The first-order valence-electron chi connectivity index (χ1n) is 9.52. The van der Waals surface area contributed by atoms with Gasteiger partial charge in [0.1, 0.15) is 0 Å². The fraction of sp³-hybridized carbons (Fsp3) is 0.650. The SMILES string of the molecule is CCNC(=NCc1ccccc1S(=O)(=O)N(C)C)NC(C)CCC(C)(C)C. The van der Waals surface area contributed by atoms with Crippen LogP contribution in [0, 0.1) is 5.41 Å². The summed E-state index contributed by atoms with van der Waals surface area (Å²) >= 11 is 0. The molecule has 0 aliphatic rings. The van der Waals surface area contributed by atoms with Crippen LogP contribution in [-0.2, 0) is 16.6 Å². The van der Waals surface area contributed by atoms with Crippen LogP contribution in [0.4, 0.5) is 0 Å². The van der Waals surface area contributed by atoms with Crippen LogP contribution in [0.25, 0.3) is 0 Å². The van der Waals surface area contributed by atoms with Gasteiger partial charge in [-0.3, -0.25) is 0 Å². The van der Waals surface area contributed by atoms with Gasteiger partial charge in [0, 0.05) is 26.7 Å². The topological polar surface area (TPSA) is 73.8 Å². The van der Waals surface area contributed by atoms with Gasteiger partial charge < -0.3 is 10.6 Å². The number of aliphatic imine (C=N–C) groups is 1. The van der Waals surface area contributed by atoms with E-state index in [4.69, 9.17) is 0 Å². The van der Waals surface area contributed by atoms with Crippen LogP contribution < -0.4 is 10.6 Å². The number of hydrogen-bond acceptors (Lipinski definition) is 3. The summed E-state index contributed by atoms with van der Waals surface area (Å²) in [5.41, 5.74) is 0.982. The van der Waals surface area contributed by atoms with Crippen molar-refractivity contribution in [2.24, 2.45) is 10.4 Å². The van der Waals surface area contributed by atoms with E-state index in [0.717, 1.165) is 19.4 Å². The second-order valence-corrected chi connectivity index (χ2v) is 10.4. The highest BCUT2D eigenvalue weighted by molar-refractivity contribution is 7.89. The first-order valence-corrected chi connectivity index (χ1v) is 11.0. The molecule has 7 heteroatoms. The van der Waals surface area contributed by atoms with Crippen LogP contribution >= 0.6 is 0 Å². The molecule has 0 aliphatic carbocycles. The molecule has 1 aromatic carbocycles. The van der Waals surface area contributed by atoms with Crippen molar-refractivity contribution < 1.29 is 8.42 Å². The Morgan fingerprint density at radius 2 is 1.85 bits per heavy atom. The number of rotatable bonds is 8. The molecule has 0 fully saturated rings. The van der Waals surface area contributed by atoms with E-state index in [9.17, 15) is 8.42 Å². The lowest BCUT2D eigenvalue weighted by atomic mass is 9.89. The normalized spacial score (nSPS) is 14.3. The standard InChI is InChI=1S/C20H36N4O2S/c1-8-21-19(23-16(2)13-14-20(3,4)5)22-15-17-11-9-10-12-18(17)27(25,26)24(6)7/h9-12,16H,8,13-15H2,1-7H3,(H2,21,22,23). The second-order valence-electron chi connectivity index (χ2n) is 8.24. The Bertz CT molecular complexity index is 722. The molecule has 0 spiro atoms. The van der Waals surface area contributed by atoms with Crippen molar-refractivity contribution in [3.8, 4) is 0 Å². The Morgan fingerprint density at radius 1 is 1.22 bits per heavy atom. The molecule has 0 bridgehead atoms. The van der Waals surface area contributed by atoms with Gasteiger partial charge in [0.15, 0.2) is 5.96 Å². The van der Waals surface area contributed by atoms with Crippen LogP contribution in [0.15, 0.2) is 34.2 Å². The molecule has 27 heavy (non-hydrogen) atoms. The maximum absolute atomic E-state index is 12.5. The molecule has 1 atom stereocenters. The van der Waals surface area contributed by atoms with Crippen molar-refractivity contribution in [1.82, 2.24) is 14.9 Å². The quantitative estimate of drug-likeness (QED) is 0.523. The highest BCUT2D eigenvalue weighted by Gasteiger charge is 2.20. The molecule has 1 unspecified atom stereocenters. The monoisotopic (exact) mass is 396 g/mol. The van der Waals surface area contributed by atoms with Gasteiger partial charge in [-0.1, -0.05) is 39.0 Å². The fourth-order valence-corrected chi connectivity index (χ4v) is 3.63. The molecule has 0 aromatic heterocycles. The van der Waals surface area contributed by atoms with E-state index in [0.29, 0.717) is 28.4 Å². The zero-order valence-electron chi connectivity index (χ0n) is 17.8. The molecule has 0 saturated heterocycles. The molecule has 1 rings (SSSR count). The Hall–Kier alpha value is -1.60. The minimum Gasteiger partial charge on any atom is -0.357 e. The van der Waals surface area contributed by atoms with Gasteiger partial charge in [0.2, 0.25) is 10.0 Å². The van der Waals surface area contributed by atoms with Crippen LogP contribution in [-0.4, -0.2) is 45.4 Å². The lowest BCUT2D eigenvalue weighted by Crippen LogP contribution is -2.42. The number of nitrogens with one attached hydrogen (secondary N) is 2. The molecular formula is C20H36N4O2S. The van der Waals surface area contributed by atoms with E-state index in [-0.39, 0.29) is 6.04 Å². The third-order valence-corrected chi connectivity index (χ3v) is 6.11. The Labute approximate surface area is 165 Å². The first-order chi connectivity index (χ1) is 12.5. The summed E-state index contributed by atoms with van der Waals surface area (Å²) < 4.78 is 26.3. The van der Waals surface area contributed by atoms with Crippen LogP contribution in [0.5, 0.6) is 0 Å². The highest BCUT2D eigenvalue weighted by Crippen LogP contribution is 2.21. The molecule has 6 nitrogen and oxygen atoms in total. The lowest BCUT2D eigenvalue weighted by Gasteiger charge is -2.23. The van der Waals surface area contributed by atoms with Crippen LogP contribution in [0.3, 0.4) is 0 Å². The van der Waals surface area contributed by atoms with E-state index < -0.39 is 10.0 Å². The summed E-state index contributed by atoms with van der Waals surface area (Å²) in [7, 11) is -0.413. The van der Waals surface area contributed by atoms with E-state index >= 15 is 0 Å². The third kappa shape index (κ3) is 7.89. The summed E-state index contributed by atoms with van der Waals surface area (Å²) in [5.74, 6) is 0.705. The fourth-order valence-electron chi connectivity index (χ4n) is 2.52. The molecule has 0 saturated carbocycles. The maximum atomic E-state index is 12.5. The van der Waals surface area contributed by atoms with Gasteiger partial charge in [0.05, 0.1) is 11.4 Å². The van der Waals surface area contributed by atoms with Crippen molar-refractivity contribution in [3.63, 3.8) is 0 Å². The average molecular weight is 397 g/mol. The molecule has 0 radical (unpaired) electrons. The molecule has 1 aromatic rings. The van der Waals surface area contributed by atoms with Crippen molar-refractivity contribution in [3.05, 3.63) is 29.8 Å². The molecule has 2 N–H and O–H groups in total. The zero-order chi connectivity index (χ0) is 20.7. The summed E-state index contributed by atoms with van der Waals surface area (Å²) in [4.78, 5) is 4.91. The van der Waals surface area contributed by atoms with E-state index in [1.54, 1.807) is 12.1 Å². The van der Waals surface area contributed by atoms with E-state index in [1.165, 1.54) is 18.4 Å². The zero-order valence-corrected chi connectivity index (χ0v) is 18.7. The Balaban J connectivity index is 2.94. The Kier molecular flexibility index (Phi) is 8.75. The summed E-state index contributed by atoms with van der Waals surface area (Å²) in [6.45, 7) is 11.9. The minimum absolute atomic E-state index is 0.280. The number of sulfonamides is 1. The Morgan fingerprint density at radius 3 is 2.41 bits per heavy atom. The molecule has 0 heterocycles. The molecule has 0 aliphatic heterocycles. The third-order valence-electron chi connectivity index (χ3n) is 4.19. The lowest BCUT2D eigenvalue weighted by molar-refractivity contribution is 0.346. The van der Waals surface area contributed by atoms with Crippen molar-refractivity contribution in [1.29, 1.82) is 0 Å². The average Bonchev–Trinajstić information content (AvgIpc) is 2.57. The number of guanidine groups is 1. The van der Waals surface area contributed by atoms with Gasteiger partial charge in [-0.2, -0.15) is 0 Å². The van der Waals surface area contributed by atoms with Gasteiger partial charge in [-0.05, 0) is 43.7 Å². The minimum atomic E-state index is -3.49. The highest BCUT2D eigenvalue weighted by atomic mass is 32.2. The predicted molar refractivity (Wildman–Crippen MR) is 113 cm³/mol. The second kappa shape index (κ2) is 10.1. The number of hydrogen-bond donors (Lipinski definition) is 2. The van der Waals surface area contributed by atoms with Crippen LogP contribution in [0.1, 0.15) is 53.0 Å². The summed E-state index contributed by atoms with van der Waals surface area (Å²) in [6.07, 6.45) is 2.16. The van der Waals surface area contributed by atoms with Crippen molar-refractivity contribution in [2.45, 2.75) is 64.9 Å². The van der Waals surface area contributed by atoms with Gasteiger partial charge in [-0.15, -0.1) is 0 Å². The summed E-state index contributed by atoms with van der Waals surface area (Å²) in [5, 5.41) is 6.66. The maximum Gasteiger partial charge on any atom is 0.242 e. The van der Waals surface area contributed by atoms with Crippen LogP contribution in [0.2, 0.25) is 0 Å².